The average molecular weight is 366 g/mol. The van der Waals surface area contributed by atoms with Crippen molar-refractivity contribution in [3.63, 3.8) is 0 Å². The van der Waals surface area contributed by atoms with E-state index in [4.69, 9.17) is 4.74 Å². The molecule has 2 saturated heterocycles. The molecule has 0 spiro atoms. The molecule has 0 aliphatic carbocycles. The van der Waals surface area contributed by atoms with Gasteiger partial charge in [-0.05, 0) is 19.3 Å². The summed E-state index contributed by atoms with van der Waals surface area (Å²) in [7, 11) is 0. The van der Waals surface area contributed by atoms with Crippen molar-refractivity contribution in [2.24, 2.45) is 5.92 Å². The summed E-state index contributed by atoms with van der Waals surface area (Å²) in [6.07, 6.45) is 6.49. The quantitative estimate of drug-likeness (QED) is 0.722. The lowest BCUT2D eigenvalue weighted by Gasteiger charge is -2.35. The summed E-state index contributed by atoms with van der Waals surface area (Å²) in [6, 6.07) is 2.31. The van der Waals surface area contributed by atoms with Crippen LogP contribution < -0.4 is 20.1 Å². The third kappa shape index (κ3) is 3.69. The van der Waals surface area contributed by atoms with Gasteiger partial charge >= 0.3 is 6.61 Å². The first-order valence-corrected chi connectivity index (χ1v) is 8.59. The maximum atomic E-state index is 12.2. The zero-order valence-corrected chi connectivity index (χ0v) is 14.2. The van der Waals surface area contributed by atoms with Crippen molar-refractivity contribution < 1.29 is 18.3 Å². The van der Waals surface area contributed by atoms with Gasteiger partial charge < -0.3 is 20.1 Å². The first-order chi connectivity index (χ1) is 12.6. The Morgan fingerprint density at radius 2 is 2.15 bits per heavy atom. The second-order valence-electron chi connectivity index (χ2n) is 6.66. The minimum atomic E-state index is -2.93. The number of aromatic nitrogens is 4. The van der Waals surface area contributed by atoms with Gasteiger partial charge in [-0.3, -0.25) is 10.1 Å². The van der Waals surface area contributed by atoms with Crippen LogP contribution in [0, 0.1) is 5.92 Å². The van der Waals surface area contributed by atoms with Crippen LogP contribution in [0.1, 0.15) is 26.2 Å². The number of hydrogen-bond donors (Lipinski definition) is 3. The van der Waals surface area contributed by atoms with E-state index in [0.717, 1.165) is 6.42 Å². The summed E-state index contributed by atoms with van der Waals surface area (Å²) >= 11 is 0. The topological polar surface area (TPSA) is 97.0 Å². The number of ether oxygens (including phenoxy) is 2. The van der Waals surface area contributed by atoms with Gasteiger partial charge in [0, 0.05) is 24.1 Å². The number of piperidine rings is 1. The fraction of sp³-hybridized carbons (Fsp3) is 0.562. The van der Waals surface area contributed by atoms with E-state index < -0.39 is 6.61 Å². The van der Waals surface area contributed by atoms with Crippen molar-refractivity contribution in [3.8, 4) is 11.8 Å². The molecule has 10 heteroatoms. The monoisotopic (exact) mass is 366 g/mol. The van der Waals surface area contributed by atoms with E-state index in [1.54, 1.807) is 6.20 Å². The molecule has 2 aromatic heterocycles. The molecular weight excluding hydrogens is 346 g/mol. The van der Waals surface area contributed by atoms with Crippen molar-refractivity contribution in [2.75, 3.05) is 5.32 Å². The predicted octanol–water partition coefficient (Wildman–Crippen LogP) is 2.45. The molecule has 0 amide bonds. The molecule has 2 aliphatic heterocycles. The number of halogens is 2. The zero-order valence-electron chi connectivity index (χ0n) is 14.2. The number of nitrogens with one attached hydrogen (secondary N) is 3. The lowest BCUT2D eigenvalue weighted by atomic mass is 9.91. The minimum absolute atomic E-state index is 0.0940. The second kappa shape index (κ2) is 7.02. The SMILES string of the molecule is C[C@H]1[C@@H]2CC[C@H](C[C@H]1Oc1cncc(Nc3cc(OC(F)F)n[nH]3)n1)N2. The Morgan fingerprint density at radius 3 is 3.00 bits per heavy atom. The number of rotatable bonds is 6. The molecule has 0 radical (unpaired) electrons. The van der Waals surface area contributed by atoms with Crippen LogP contribution >= 0.6 is 0 Å². The molecule has 140 valence electrons. The van der Waals surface area contributed by atoms with Crippen molar-refractivity contribution in [2.45, 2.75) is 51.0 Å². The van der Waals surface area contributed by atoms with Crippen LogP contribution in [0.5, 0.6) is 11.8 Å². The standard InChI is InChI=1S/C16H20F2N6O2/c1-8-10-3-2-9(20-10)4-11(8)25-15-7-19-6-13(22-15)21-12-5-14(24-23-12)26-16(17)18/h5-11,16,20H,2-4H2,1H3,(H2,21,22,23,24)/t8-,9+,10-,11+/m0/s1. The molecular formula is C16H20F2N6O2. The van der Waals surface area contributed by atoms with Crippen LogP contribution in [0.2, 0.25) is 0 Å². The number of nitrogens with zero attached hydrogens (tertiary/aromatic N) is 3. The molecule has 0 aromatic carbocycles. The van der Waals surface area contributed by atoms with Gasteiger partial charge in [-0.2, -0.15) is 13.8 Å². The van der Waals surface area contributed by atoms with Gasteiger partial charge in [-0.1, -0.05) is 6.92 Å². The number of anilines is 2. The average Bonchev–Trinajstić information content (AvgIpc) is 3.20. The maximum absolute atomic E-state index is 12.2. The van der Waals surface area contributed by atoms with Gasteiger partial charge in [-0.25, -0.2) is 0 Å². The first-order valence-electron chi connectivity index (χ1n) is 8.59. The second-order valence-corrected chi connectivity index (χ2v) is 6.66. The number of aromatic amines is 1. The summed E-state index contributed by atoms with van der Waals surface area (Å²) in [6.45, 7) is -0.737. The van der Waals surface area contributed by atoms with Gasteiger partial charge in [0.1, 0.15) is 11.9 Å². The van der Waals surface area contributed by atoms with E-state index in [9.17, 15) is 8.78 Å². The molecule has 0 saturated carbocycles. The highest BCUT2D eigenvalue weighted by atomic mass is 19.3. The maximum Gasteiger partial charge on any atom is 0.388 e. The van der Waals surface area contributed by atoms with E-state index in [2.05, 4.69) is 42.5 Å². The van der Waals surface area contributed by atoms with E-state index in [0.29, 0.717) is 35.5 Å². The van der Waals surface area contributed by atoms with Crippen LogP contribution in [0.4, 0.5) is 20.4 Å². The van der Waals surface area contributed by atoms with Crippen LogP contribution in [0.15, 0.2) is 18.5 Å². The van der Waals surface area contributed by atoms with E-state index in [-0.39, 0.29) is 12.0 Å². The van der Waals surface area contributed by atoms with Gasteiger partial charge in [0.25, 0.3) is 0 Å². The number of hydrogen-bond acceptors (Lipinski definition) is 7. The largest absolute Gasteiger partial charge is 0.473 e. The zero-order chi connectivity index (χ0) is 18.1. The normalized spacial score (nSPS) is 27.5. The van der Waals surface area contributed by atoms with Gasteiger partial charge in [0.2, 0.25) is 11.8 Å². The summed E-state index contributed by atoms with van der Waals surface area (Å²) in [4.78, 5) is 8.51. The molecule has 2 aromatic rings. The summed E-state index contributed by atoms with van der Waals surface area (Å²) < 4.78 is 34.7. The molecule has 2 aliphatic rings. The Kier molecular flexibility index (Phi) is 4.58. The summed E-state index contributed by atoms with van der Waals surface area (Å²) in [5, 5.41) is 12.7. The van der Waals surface area contributed by atoms with Gasteiger partial charge in [0.05, 0.1) is 12.4 Å². The van der Waals surface area contributed by atoms with Crippen LogP contribution in [-0.4, -0.2) is 45.0 Å². The highest BCUT2D eigenvalue weighted by molar-refractivity contribution is 5.52. The minimum Gasteiger partial charge on any atom is -0.473 e. The van der Waals surface area contributed by atoms with Crippen molar-refractivity contribution in [1.82, 2.24) is 25.5 Å². The number of alkyl halides is 2. The Morgan fingerprint density at radius 1 is 1.27 bits per heavy atom. The first kappa shape index (κ1) is 17.0. The lowest BCUT2D eigenvalue weighted by molar-refractivity contribution is -0.0528. The molecule has 4 atom stereocenters. The molecule has 8 nitrogen and oxygen atoms in total. The van der Waals surface area contributed by atoms with Crippen LogP contribution in [0.25, 0.3) is 0 Å². The highest BCUT2D eigenvalue weighted by Crippen LogP contribution is 2.33. The van der Waals surface area contributed by atoms with Gasteiger partial charge in [-0.15, -0.1) is 5.10 Å². The number of H-pyrrole nitrogens is 1. The highest BCUT2D eigenvalue weighted by Gasteiger charge is 2.40. The molecule has 3 N–H and O–H groups in total. The van der Waals surface area contributed by atoms with E-state index in [1.807, 2.05) is 0 Å². The molecule has 4 rings (SSSR count). The smallest absolute Gasteiger partial charge is 0.388 e. The fourth-order valence-corrected chi connectivity index (χ4v) is 3.64. The van der Waals surface area contributed by atoms with Gasteiger partial charge in [0.15, 0.2) is 5.82 Å². The third-order valence-corrected chi connectivity index (χ3v) is 4.93. The van der Waals surface area contributed by atoms with Crippen molar-refractivity contribution >= 4 is 11.6 Å². The molecule has 26 heavy (non-hydrogen) atoms. The number of fused-ring (bicyclic) bond motifs is 2. The van der Waals surface area contributed by atoms with E-state index in [1.165, 1.54) is 25.1 Å². The third-order valence-electron chi connectivity index (χ3n) is 4.93. The molecule has 2 bridgehead atoms. The Labute approximate surface area is 148 Å². The Hall–Kier alpha value is -2.49. The van der Waals surface area contributed by atoms with Crippen LogP contribution in [-0.2, 0) is 0 Å². The van der Waals surface area contributed by atoms with Crippen LogP contribution in [0.3, 0.4) is 0 Å². The summed E-state index contributed by atoms with van der Waals surface area (Å²) in [5.74, 6) is 1.40. The Bertz CT molecular complexity index is 758. The molecule has 0 unspecified atom stereocenters. The fourth-order valence-electron chi connectivity index (χ4n) is 3.64. The lowest BCUT2D eigenvalue weighted by Crippen LogP contribution is -2.49. The molecule has 4 heterocycles. The van der Waals surface area contributed by atoms with Crippen molar-refractivity contribution in [3.05, 3.63) is 18.5 Å². The summed E-state index contributed by atoms with van der Waals surface area (Å²) in [5.41, 5.74) is 0. The van der Waals surface area contributed by atoms with Crippen molar-refractivity contribution in [1.29, 1.82) is 0 Å². The predicted molar refractivity (Wildman–Crippen MR) is 88.7 cm³/mol. The van der Waals surface area contributed by atoms with E-state index >= 15 is 0 Å². The Balaban J connectivity index is 1.41. The molecule has 2 fully saturated rings.